The number of likely N-dealkylation sites (tertiary alicyclic amines) is 1. The van der Waals surface area contributed by atoms with E-state index in [0.29, 0.717) is 19.5 Å². The summed E-state index contributed by atoms with van der Waals surface area (Å²) >= 11 is 3.48. The molecule has 0 bridgehead atoms. The smallest absolute Gasteiger partial charge is 0.228 e. The van der Waals surface area contributed by atoms with Crippen molar-refractivity contribution in [2.45, 2.75) is 25.3 Å². The van der Waals surface area contributed by atoms with E-state index in [9.17, 15) is 9.59 Å². The first-order chi connectivity index (χ1) is 14.7. The zero-order valence-corrected chi connectivity index (χ0v) is 18.3. The van der Waals surface area contributed by atoms with Crippen molar-refractivity contribution in [3.05, 3.63) is 80.2 Å². The predicted molar refractivity (Wildman–Crippen MR) is 121 cm³/mol. The standard InChI is InChI=1S/C24H24N2O2S2/c27-22-15-18(16-25(22)11-8-17-5-2-1-3-6-17)24(28)26-12-9-20-19(10-14-30-20)23(26)21-7-4-13-29-21/h1-7,10,13-14,18,23H,8-9,11-12,15-16H2. The number of carbonyl (C=O) groups is 2. The first-order valence-corrected chi connectivity index (χ1v) is 12.2. The van der Waals surface area contributed by atoms with Gasteiger partial charge in [0.15, 0.2) is 0 Å². The lowest BCUT2D eigenvalue weighted by molar-refractivity contribution is -0.137. The van der Waals surface area contributed by atoms with E-state index in [-0.39, 0.29) is 23.8 Å². The number of hydrogen-bond donors (Lipinski definition) is 0. The SMILES string of the molecule is O=C1CC(C(=O)N2CCc3sccc3C2c2cccs2)CN1CCc1ccccc1. The summed E-state index contributed by atoms with van der Waals surface area (Å²) in [6, 6.07) is 16.5. The van der Waals surface area contributed by atoms with E-state index in [4.69, 9.17) is 0 Å². The molecule has 1 saturated heterocycles. The number of thiophene rings is 2. The summed E-state index contributed by atoms with van der Waals surface area (Å²) < 4.78 is 0. The summed E-state index contributed by atoms with van der Waals surface area (Å²) in [5, 5.41) is 4.20. The van der Waals surface area contributed by atoms with Crippen LogP contribution in [0.4, 0.5) is 0 Å². The van der Waals surface area contributed by atoms with Crippen molar-refractivity contribution in [2.75, 3.05) is 19.6 Å². The quantitative estimate of drug-likeness (QED) is 0.596. The van der Waals surface area contributed by atoms with E-state index in [1.165, 1.54) is 20.9 Å². The summed E-state index contributed by atoms with van der Waals surface area (Å²) in [5.41, 5.74) is 2.48. The molecular formula is C24H24N2O2S2. The molecule has 2 aromatic heterocycles. The third kappa shape index (κ3) is 3.70. The molecule has 4 heterocycles. The Labute approximate surface area is 184 Å². The average molecular weight is 437 g/mol. The number of benzene rings is 1. The van der Waals surface area contributed by atoms with Gasteiger partial charge in [0.1, 0.15) is 0 Å². The van der Waals surface area contributed by atoms with Gasteiger partial charge in [-0.2, -0.15) is 0 Å². The maximum Gasteiger partial charge on any atom is 0.228 e. The van der Waals surface area contributed by atoms with Gasteiger partial charge in [-0.05, 0) is 46.9 Å². The van der Waals surface area contributed by atoms with E-state index >= 15 is 0 Å². The van der Waals surface area contributed by atoms with Crippen molar-refractivity contribution >= 4 is 34.5 Å². The number of carbonyl (C=O) groups excluding carboxylic acids is 2. The molecule has 2 unspecified atom stereocenters. The second-order valence-corrected chi connectivity index (χ2v) is 9.96. The van der Waals surface area contributed by atoms with E-state index in [0.717, 1.165) is 19.4 Å². The molecule has 30 heavy (non-hydrogen) atoms. The first-order valence-electron chi connectivity index (χ1n) is 10.4. The third-order valence-corrected chi connectivity index (χ3v) is 8.06. The van der Waals surface area contributed by atoms with Crippen molar-refractivity contribution in [3.63, 3.8) is 0 Å². The highest BCUT2D eigenvalue weighted by Crippen LogP contribution is 2.40. The van der Waals surface area contributed by atoms with Crippen LogP contribution in [0.5, 0.6) is 0 Å². The Morgan fingerprint density at radius 2 is 1.90 bits per heavy atom. The third-order valence-electron chi connectivity index (χ3n) is 6.14. The van der Waals surface area contributed by atoms with Crippen LogP contribution in [0.15, 0.2) is 59.3 Å². The van der Waals surface area contributed by atoms with Gasteiger partial charge in [0.2, 0.25) is 11.8 Å². The van der Waals surface area contributed by atoms with Crippen LogP contribution in [-0.2, 0) is 22.4 Å². The summed E-state index contributed by atoms with van der Waals surface area (Å²) in [6.07, 6.45) is 2.06. The molecule has 2 atom stereocenters. The van der Waals surface area contributed by atoms with Gasteiger partial charge >= 0.3 is 0 Å². The molecule has 2 amide bonds. The zero-order chi connectivity index (χ0) is 20.5. The van der Waals surface area contributed by atoms with Crippen LogP contribution in [0, 0.1) is 5.92 Å². The van der Waals surface area contributed by atoms with Gasteiger partial charge in [-0.3, -0.25) is 9.59 Å². The van der Waals surface area contributed by atoms with Gasteiger partial charge in [0.05, 0.1) is 12.0 Å². The Balaban J connectivity index is 1.31. The van der Waals surface area contributed by atoms with Crippen molar-refractivity contribution in [1.82, 2.24) is 9.80 Å². The summed E-state index contributed by atoms with van der Waals surface area (Å²) in [4.78, 5) is 32.7. The molecule has 5 rings (SSSR count). The minimum absolute atomic E-state index is 0.0130. The van der Waals surface area contributed by atoms with E-state index in [1.807, 2.05) is 34.1 Å². The molecule has 154 valence electrons. The van der Waals surface area contributed by atoms with Crippen LogP contribution in [0.3, 0.4) is 0 Å². The Kier molecular flexibility index (Phi) is 5.44. The molecule has 2 aliphatic rings. The lowest BCUT2D eigenvalue weighted by atomic mass is 9.96. The molecule has 3 aromatic rings. The Morgan fingerprint density at radius 1 is 1.03 bits per heavy atom. The Morgan fingerprint density at radius 3 is 2.70 bits per heavy atom. The van der Waals surface area contributed by atoms with Gasteiger partial charge in [0, 0.05) is 35.8 Å². The molecule has 0 aliphatic carbocycles. The second kappa shape index (κ2) is 8.36. The van der Waals surface area contributed by atoms with Gasteiger partial charge in [-0.25, -0.2) is 0 Å². The van der Waals surface area contributed by atoms with Gasteiger partial charge < -0.3 is 9.80 Å². The zero-order valence-electron chi connectivity index (χ0n) is 16.7. The largest absolute Gasteiger partial charge is 0.342 e. The van der Waals surface area contributed by atoms with Gasteiger partial charge in [-0.1, -0.05) is 36.4 Å². The molecule has 0 spiro atoms. The monoisotopic (exact) mass is 436 g/mol. The van der Waals surface area contributed by atoms with Crippen molar-refractivity contribution < 1.29 is 9.59 Å². The Bertz CT molecular complexity index is 1030. The highest BCUT2D eigenvalue weighted by Gasteiger charge is 2.41. The van der Waals surface area contributed by atoms with Crippen molar-refractivity contribution in [2.24, 2.45) is 5.92 Å². The molecule has 2 aliphatic heterocycles. The minimum Gasteiger partial charge on any atom is -0.342 e. The fourth-order valence-corrected chi connectivity index (χ4v) is 6.36. The van der Waals surface area contributed by atoms with E-state index in [2.05, 4.69) is 35.0 Å². The molecule has 0 N–H and O–H groups in total. The molecule has 1 fully saturated rings. The highest BCUT2D eigenvalue weighted by atomic mass is 32.1. The number of amides is 2. The van der Waals surface area contributed by atoms with Gasteiger partial charge in [-0.15, -0.1) is 22.7 Å². The topological polar surface area (TPSA) is 40.6 Å². The van der Waals surface area contributed by atoms with Crippen molar-refractivity contribution in [3.8, 4) is 0 Å². The molecular weight excluding hydrogens is 412 g/mol. The molecule has 1 aromatic carbocycles. The normalized spacial score (nSPS) is 21.1. The maximum absolute atomic E-state index is 13.6. The van der Waals surface area contributed by atoms with Crippen LogP contribution >= 0.6 is 22.7 Å². The van der Waals surface area contributed by atoms with Crippen LogP contribution in [-0.4, -0.2) is 41.2 Å². The average Bonchev–Trinajstić information content (AvgIpc) is 3.53. The second-order valence-electron chi connectivity index (χ2n) is 7.98. The number of hydrogen-bond acceptors (Lipinski definition) is 4. The van der Waals surface area contributed by atoms with Crippen LogP contribution in [0.25, 0.3) is 0 Å². The number of fused-ring (bicyclic) bond motifs is 1. The first kappa shape index (κ1) is 19.5. The van der Waals surface area contributed by atoms with Crippen LogP contribution in [0.1, 0.15) is 33.3 Å². The summed E-state index contributed by atoms with van der Waals surface area (Å²) in [6.45, 7) is 1.94. The number of rotatable bonds is 5. The fourth-order valence-electron chi connectivity index (χ4n) is 4.60. The van der Waals surface area contributed by atoms with E-state index in [1.54, 1.807) is 22.7 Å². The Hall–Kier alpha value is -2.44. The molecule has 6 heteroatoms. The molecule has 4 nitrogen and oxygen atoms in total. The number of nitrogens with zero attached hydrogens (tertiary/aromatic N) is 2. The van der Waals surface area contributed by atoms with Crippen molar-refractivity contribution in [1.29, 1.82) is 0 Å². The molecule has 0 saturated carbocycles. The predicted octanol–water partition coefficient (Wildman–Crippen LogP) is 4.37. The highest BCUT2D eigenvalue weighted by molar-refractivity contribution is 7.10. The maximum atomic E-state index is 13.6. The van der Waals surface area contributed by atoms with Crippen LogP contribution < -0.4 is 0 Å². The van der Waals surface area contributed by atoms with Gasteiger partial charge in [0.25, 0.3) is 0 Å². The lowest BCUT2D eigenvalue weighted by Gasteiger charge is -2.37. The van der Waals surface area contributed by atoms with E-state index < -0.39 is 0 Å². The summed E-state index contributed by atoms with van der Waals surface area (Å²) in [7, 11) is 0. The lowest BCUT2D eigenvalue weighted by Crippen LogP contribution is -2.43. The molecule has 0 radical (unpaired) electrons. The summed E-state index contributed by atoms with van der Waals surface area (Å²) in [5.74, 6) is -0.0121. The van der Waals surface area contributed by atoms with Crippen LogP contribution in [0.2, 0.25) is 0 Å². The minimum atomic E-state index is -0.240. The fraction of sp³-hybridized carbons (Fsp3) is 0.333.